The smallest absolute Gasteiger partial charge is 0.276 e. The molecular formula is C13H15N5O2. The maximum absolute atomic E-state index is 12.5. The maximum Gasteiger partial charge on any atom is 0.276 e. The van der Waals surface area contributed by atoms with E-state index in [1.807, 2.05) is 6.92 Å². The van der Waals surface area contributed by atoms with Gasteiger partial charge in [0.2, 0.25) is 0 Å². The summed E-state index contributed by atoms with van der Waals surface area (Å²) in [6.07, 6.45) is 3.20. The molecule has 1 amide bonds. The summed E-state index contributed by atoms with van der Waals surface area (Å²) < 4.78 is 0. The van der Waals surface area contributed by atoms with Crippen LogP contribution in [0.2, 0.25) is 0 Å². The normalized spacial score (nSPS) is 18.4. The van der Waals surface area contributed by atoms with E-state index in [1.54, 1.807) is 11.0 Å². The van der Waals surface area contributed by atoms with Crippen LogP contribution in [0.3, 0.4) is 0 Å². The van der Waals surface area contributed by atoms with Crippen LogP contribution in [0.15, 0.2) is 18.3 Å². The Balaban J connectivity index is 1.89. The van der Waals surface area contributed by atoms with Crippen molar-refractivity contribution >= 4 is 5.91 Å². The lowest BCUT2D eigenvalue weighted by molar-refractivity contribution is 0.0720. The number of rotatable bonds is 2. The molecule has 2 aromatic rings. The summed E-state index contributed by atoms with van der Waals surface area (Å²) in [7, 11) is 0. The minimum absolute atomic E-state index is 0.0756. The summed E-state index contributed by atoms with van der Waals surface area (Å²) in [5.41, 5.74) is 0.0756. The molecule has 20 heavy (non-hydrogen) atoms. The first-order valence-corrected chi connectivity index (χ1v) is 6.50. The summed E-state index contributed by atoms with van der Waals surface area (Å²) >= 11 is 0. The lowest BCUT2D eigenvalue weighted by atomic mass is 10.2. The highest BCUT2D eigenvalue weighted by atomic mass is 16.3. The molecule has 1 fully saturated rings. The number of aryl methyl sites for hydroxylation is 1. The van der Waals surface area contributed by atoms with E-state index >= 15 is 0 Å². The van der Waals surface area contributed by atoms with E-state index in [0.29, 0.717) is 12.4 Å². The van der Waals surface area contributed by atoms with E-state index in [9.17, 15) is 9.90 Å². The van der Waals surface area contributed by atoms with Crippen LogP contribution < -0.4 is 0 Å². The molecule has 0 aliphatic carbocycles. The molecule has 7 heteroatoms. The topological polar surface area (TPSA) is 95.0 Å². The fourth-order valence-corrected chi connectivity index (χ4v) is 2.48. The number of H-pyrrole nitrogens is 1. The third-order valence-corrected chi connectivity index (χ3v) is 3.42. The van der Waals surface area contributed by atoms with Crippen molar-refractivity contribution in [2.75, 3.05) is 6.54 Å². The molecule has 1 aliphatic heterocycles. The van der Waals surface area contributed by atoms with Crippen LogP contribution in [0.4, 0.5) is 0 Å². The fourth-order valence-electron chi connectivity index (χ4n) is 2.48. The second kappa shape index (κ2) is 4.92. The molecule has 3 heterocycles. The highest BCUT2D eigenvalue weighted by Gasteiger charge is 2.34. The Morgan fingerprint density at radius 2 is 2.40 bits per heavy atom. The Kier molecular flexibility index (Phi) is 3.09. The molecule has 2 aromatic heterocycles. The third kappa shape index (κ3) is 2.11. The molecule has 0 radical (unpaired) electrons. The molecule has 0 aromatic carbocycles. The summed E-state index contributed by atoms with van der Waals surface area (Å²) in [6.45, 7) is 2.44. The quantitative estimate of drug-likeness (QED) is 0.857. The molecule has 1 saturated heterocycles. The number of aromatic hydroxyl groups is 1. The van der Waals surface area contributed by atoms with Crippen LogP contribution in [0.5, 0.6) is 5.75 Å². The average Bonchev–Trinajstić information content (AvgIpc) is 3.06. The van der Waals surface area contributed by atoms with Crippen molar-refractivity contribution in [2.45, 2.75) is 25.8 Å². The average molecular weight is 273 g/mol. The van der Waals surface area contributed by atoms with Crippen LogP contribution in [0.1, 0.15) is 41.0 Å². The number of aromatic nitrogens is 4. The molecule has 7 nitrogen and oxygen atoms in total. The van der Waals surface area contributed by atoms with E-state index in [1.165, 1.54) is 12.3 Å². The lowest BCUT2D eigenvalue weighted by Crippen LogP contribution is -2.31. The lowest BCUT2D eigenvalue weighted by Gasteiger charge is -2.22. The second-order valence-electron chi connectivity index (χ2n) is 4.81. The number of nitrogens with one attached hydrogen (secondary N) is 1. The van der Waals surface area contributed by atoms with Crippen LogP contribution in [0.25, 0.3) is 0 Å². The van der Waals surface area contributed by atoms with Gasteiger partial charge in [0.25, 0.3) is 5.91 Å². The molecule has 2 N–H and O–H groups in total. The van der Waals surface area contributed by atoms with E-state index in [4.69, 9.17) is 0 Å². The summed E-state index contributed by atoms with van der Waals surface area (Å²) in [4.78, 5) is 22.4. The molecular weight excluding hydrogens is 258 g/mol. The van der Waals surface area contributed by atoms with Gasteiger partial charge in [-0.1, -0.05) is 0 Å². The zero-order valence-corrected chi connectivity index (χ0v) is 11.1. The van der Waals surface area contributed by atoms with Crippen molar-refractivity contribution < 1.29 is 9.90 Å². The first kappa shape index (κ1) is 12.6. The van der Waals surface area contributed by atoms with Gasteiger partial charge in [-0.15, -0.1) is 0 Å². The van der Waals surface area contributed by atoms with E-state index < -0.39 is 0 Å². The van der Waals surface area contributed by atoms with Gasteiger partial charge in [0, 0.05) is 12.7 Å². The minimum Gasteiger partial charge on any atom is -0.505 e. The highest BCUT2D eigenvalue weighted by molar-refractivity contribution is 5.95. The molecule has 104 valence electrons. The summed E-state index contributed by atoms with van der Waals surface area (Å²) in [6, 6.07) is 2.89. The number of likely N-dealkylation sites (tertiary alicyclic amines) is 1. The number of nitrogens with zero attached hydrogens (tertiary/aromatic N) is 4. The van der Waals surface area contributed by atoms with Crippen molar-refractivity contribution in [3.05, 3.63) is 35.7 Å². The van der Waals surface area contributed by atoms with Crippen LogP contribution >= 0.6 is 0 Å². The number of amides is 1. The fraction of sp³-hybridized carbons (Fsp3) is 0.385. The van der Waals surface area contributed by atoms with Crippen LogP contribution in [-0.2, 0) is 0 Å². The van der Waals surface area contributed by atoms with Crippen molar-refractivity contribution in [1.29, 1.82) is 0 Å². The van der Waals surface area contributed by atoms with E-state index in [0.717, 1.165) is 18.7 Å². The van der Waals surface area contributed by atoms with Crippen molar-refractivity contribution in [3.63, 3.8) is 0 Å². The SMILES string of the molecule is Cc1nc(C2CCCN2C(=O)c2ncccc2O)n[nH]1. The summed E-state index contributed by atoms with van der Waals surface area (Å²) in [5.74, 6) is 0.950. The maximum atomic E-state index is 12.5. The number of carbonyl (C=O) groups is 1. The number of carbonyl (C=O) groups excluding carboxylic acids is 1. The zero-order valence-electron chi connectivity index (χ0n) is 11.1. The number of aromatic amines is 1. The Morgan fingerprint density at radius 3 is 3.10 bits per heavy atom. The van der Waals surface area contributed by atoms with Gasteiger partial charge in [0.05, 0.1) is 6.04 Å². The Hall–Kier alpha value is -2.44. The molecule has 0 saturated carbocycles. The van der Waals surface area contributed by atoms with Gasteiger partial charge in [-0.05, 0) is 31.9 Å². The van der Waals surface area contributed by atoms with Crippen molar-refractivity contribution in [3.8, 4) is 5.75 Å². The predicted molar refractivity (Wildman–Crippen MR) is 70.0 cm³/mol. The Morgan fingerprint density at radius 1 is 1.55 bits per heavy atom. The first-order valence-electron chi connectivity index (χ1n) is 6.50. The van der Waals surface area contributed by atoms with Gasteiger partial charge in [0.1, 0.15) is 11.6 Å². The van der Waals surface area contributed by atoms with Crippen molar-refractivity contribution in [1.82, 2.24) is 25.1 Å². The second-order valence-corrected chi connectivity index (χ2v) is 4.81. The van der Waals surface area contributed by atoms with E-state index in [2.05, 4.69) is 20.2 Å². The third-order valence-electron chi connectivity index (χ3n) is 3.42. The first-order chi connectivity index (χ1) is 9.66. The molecule has 0 bridgehead atoms. The number of pyridine rings is 1. The van der Waals surface area contributed by atoms with Gasteiger partial charge >= 0.3 is 0 Å². The van der Waals surface area contributed by atoms with Gasteiger partial charge in [-0.2, -0.15) is 5.10 Å². The zero-order chi connectivity index (χ0) is 14.1. The van der Waals surface area contributed by atoms with E-state index in [-0.39, 0.29) is 23.4 Å². The van der Waals surface area contributed by atoms with Gasteiger partial charge in [0.15, 0.2) is 11.5 Å². The molecule has 1 atom stereocenters. The standard InChI is InChI=1S/C13H15N5O2/c1-8-15-12(17-16-8)9-4-3-7-18(9)13(20)11-10(19)5-2-6-14-11/h2,5-6,9,19H,3-4,7H2,1H3,(H,15,16,17). The molecule has 0 spiro atoms. The molecule has 3 rings (SSSR count). The molecule has 1 aliphatic rings. The largest absolute Gasteiger partial charge is 0.505 e. The number of hydrogen-bond donors (Lipinski definition) is 2. The monoisotopic (exact) mass is 273 g/mol. The highest BCUT2D eigenvalue weighted by Crippen LogP contribution is 2.32. The predicted octanol–water partition coefficient (Wildman–Crippen LogP) is 1.19. The van der Waals surface area contributed by atoms with Crippen molar-refractivity contribution in [2.24, 2.45) is 0 Å². The number of hydrogen-bond acceptors (Lipinski definition) is 5. The van der Waals surface area contributed by atoms with Crippen LogP contribution in [0, 0.1) is 6.92 Å². The van der Waals surface area contributed by atoms with Crippen LogP contribution in [-0.4, -0.2) is 42.6 Å². The summed E-state index contributed by atoms with van der Waals surface area (Å²) in [5, 5.41) is 16.7. The molecule has 1 unspecified atom stereocenters. The van der Waals surface area contributed by atoms with Gasteiger partial charge in [-0.25, -0.2) is 9.97 Å². The Bertz CT molecular complexity index is 639. The Labute approximate surface area is 115 Å². The van der Waals surface area contributed by atoms with Gasteiger partial charge in [-0.3, -0.25) is 9.89 Å². The van der Waals surface area contributed by atoms with Gasteiger partial charge < -0.3 is 10.0 Å². The minimum atomic E-state index is -0.284.